The van der Waals surface area contributed by atoms with Crippen molar-refractivity contribution in [2.24, 2.45) is 0 Å². The number of H-pyrrole nitrogens is 1. The van der Waals surface area contributed by atoms with Crippen molar-refractivity contribution >= 4 is 16.9 Å². The number of hydrogen-bond donors (Lipinski definition) is 1. The third kappa shape index (κ3) is 2.69. The number of benzene rings is 1. The van der Waals surface area contributed by atoms with E-state index in [1.54, 1.807) is 6.92 Å². The van der Waals surface area contributed by atoms with E-state index in [0.29, 0.717) is 6.42 Å². The average molecular weight is 242 g/mol. The summed E-state index contributed by atoms with van der Waals surface area (Å²) in [6.07, 6.45) is 2.13. The molecule has 4 nitrogen and oxygen atoms in total. The smallest absolute Gasteiger partial charge is 0.307 e. The lowest BCUT2D eigenvalue weighted by Gasteiger charge is -2.05. The lowest BCUT2D eigenvalue weighted by Crippen LogP contribution is -2.13. The number of aromatic nitrogens is 1. The van der Waals surface area contributed by atoms with Gasteiger partial charge >= 0.3 is 5.97 Å². The van der Waals surface area contributed by atoms with Crippen molar-refractivity contribution in [1.82, 2.24) is 4.98 Å². The van der Waals surface area contributed by atoms with Crippen molar-refractivity contribution in [3.63, 3.8) is 0 Å². The fraction of sp³-hybridized carbons (Fsp3) is 0.286. The third-order valence-corrected chi connectivity index (χ3v) is 2.76. The van der Waals surface area contributed by atoms with Crippen LogP contribution in [0.25, 0.3) is 10.9 Å². The van der Waals surface area contributed by atoms with Crippen molar-refractivity contribution in [3.8, 4) is 6.07 Å². The Morgan fingerprint density at radius 1 is 1.50 bits per heavy atom. The molecule has 1 aromatic carbocycles. The fourth-order valence-electron chi connectivity index (χ4n) is 1.86. The first-order valence-electron chi connectivity index (χ1n) is 5.85. The molecule has 0 radical (unpaired) electrons. The van der Waals surface area contributed by atoms with Crippen LogP contribution in [0, 0.1) is 11.3 Å². The van der Waals surface area contributed by atoms with Crippen LogP contribution in [-0.4, -0.2) is 17.1 Å². The zero-order chi connectivity index (χ0) is 13.0. The maximum atomic E-state index is 11.5. The molecular formula is C14H14N2O2. The SMILES string of the molecule is C[C@@H](C#N)OC(=O)CCc1c[nH]c2ccccc12. The number of fused-ring (bicyclic) bond motifs is 1. The minimum absolute atomic E-state index is 0.286. The average Bonchev–Trinajstić information content (AvgIpc) is 2.79. The van der Waals surface area contributed by atoms with Gasteiger partial charge in [-0.1, -0.05) is 18.2 Å². The molecule has 1 aromatic heterocycles. The van der Waals surface area contributed by atoms with Gasteiger partial charge in [0, 0.05) is 23.5 Å². The van der Waals surface area contributed by atoms with Gasteiger partial charge in [0.25, 0.3) is 0 Å². The molecule has 2 rings (SSSR count). The van der Waals surface area contributed by atoms with E-state index in [1.807, 2.05) is 36.5 Å². The number of para-hydroxylation sites is 1. The van der Waals surface area contributed by atoms with Crippen molar-refractivity contribution in [2.75, 3.05) is 0 Å². The van der Waals surface area contributed by atoms with Crippen LogP contribution in [0.1, 0.15) is 18.9 Å². The summed E-state index contributed by atoms with van der Waals surface area (Å²) in [6.45, 7) is 1.56. The molecule has 0 saturated heterocycles. The van der Waals surface area contributed by atoms with E-state index in [9.17, 15) is 4.79 Å². The first kappa shape index (κ1) is 12.2. The van der Waals surface area contributed by atoms with E-state index in [2.05, 4.69) is 4.98 Å². The Labute approximate surface area is 105 Å². The van der Waals surface area contributed by atoms with Crippen LogP contribution >= 0.6 is 0 Å². The van der Waals surface area contributed by atoms with Gasteiger partial charge in [-0.3, -0.25) is 4.79 Å². The number of carbonyl (C=O) groups excluding carboxylic acids is 1. The zero-order valence-corrected chi connectivity index (χ0v) is 10.1. The van der Waals surface area contributed by atoms with Crippen molar-refractivity contribution in [3.05, 3.63) is 36.0 Å². The van der Waals surface area contributed by atoms with Gasteiger partial charge in [0.15, 0.2) is 6.10 Å². The van der Waals surface area contributed by atoms with Crippen molar-refractivity contribution < 1.29 is 9.53 Å². The summed E-state index contributed by atoms with van der Waals surface area (Å²) in [7, 11) is 0. The molecule has 0 aliphatic heterocycles. The number of nitrogens with zero attached hydrogens (tertiary/aromatic N) is 1. The highest BCUT2D eigenvalue weighted by molar-refractivity contribution is 5.83. The van der Waals surface area contributed by atoms with Crippen LogP contribution in [0.3, 0.4) is 0 Å². The Hall–Kier alpha value is -2.28. The topological polar surface area (TPSA) is 65.9 Å². The minimum Gasteiger partial charge on any atom is -0.447 e. The molecule has 0 aliphatic carbocycles. The highest BCUT2D eigenvalue weighted by Crippen LogP contribution is 2.19. The number of carbonyl (C=O) groups is 1. The number of ether oxygens (including phenoxy) is 1. The number of aryl methyl sites for hydroxylation is 1. The molecule has 0 unspecified atom stereocenters. The number of esters is 1. The molecule has 1 heterocycles. The summed E-state index contributed by atoms with van der Waals surface area (Å²) in [5.41, 5.74) is 2.15. The largest absolute Gasteiger partial charge is 0.447 e. The molecule has 0 fully saturated rings. The van der Waals surface area contributed by atoms with Gasteiger partial charge in [0.2, 0.25) is 0 Å². The predicted octanol–water partition coefficient (Wildman–Crippen LogP) is 2.56. The molecule has 0 aliphatic rings. The molecular weight excluding hydrogens is 228 g/mol. The molecule has 0 spiro atoms. The molecule has 18 heavy (non-hydrogen) atoms. The monoisotopic (exact) mass is 242 g/mol. The Balaban J connectivity index is 1.99. The van der Waals surface area contributed by atoms with E-state index in [0.717, 1.165) is 16.5 Å². The second-order valence-corrected chi connectivity index (χ2v) is 4.12. The number of hydrogen-bond acceptors (Lipinski definition) is 3. The number of aromatic amines is 1. The predicted molar refractivity (Wildman–Crippen MR) is 67.8 cm³/mol. The molecule has 4 heteroatoms. The number of rotatable bonds is 4. The summed E-state index contributed by atoms with van der Waals surface area (Å²) in [6, 6.07) is 9.81. The summed E-state index contributed by atoms with van der Waals surface area (Å²) < 4.78 is 4.90. The quantitative estimate of drug-likeness (QED) is 0.838. The normalized spacial score (nSPS) is 12.0. The Bertz CT molecular complexity index is 595. The van der Waals surface area contributed by atoms with E-state index in [4.69, 9.17) is 10.00 Å². The number of nitriles is 1. The van der Waals surface area contributed by atoms with Crippen LogP contribution in [0.15, 0.2) is 30.5 Å². The molecule has 1 N–H and O–H groups in total. The molecule has 0 amide bonds. The minimum atomic E-state index is -0.680. The van der Waals surface area contributed by atoms with Gasteiger partial charge in [0.05, 0.1) is 0 Å². The highest BCUT2D eigenvalue weighted by Gasteiger charge is 2.10. The van der Waals surface area contributed by atoms with Crippen LogP contribution < -0.4 is 0 Å². The molecule has 0 bridgehead atoms. The Morgan fingerprint density at radius 2 is 2.28 bits per heavy atom. The molecule has 2 aromatic rings. The third-order valence-electron chi connectivity index (χ3n) is 2.76. The summed E-state index contributed by atoms with van der Waals surface area (Å²) in [5, 5.41) is 9.67. The fourth-order valence-corrected chi connectivity index (χ4v) is 1.86. The first-order chi connectivity index (χ1) is 8.70. The summed E-state index contributed by atoms with van der Waals surface area (Å²) in [5.74, 6) is -0.339. The summed E-state index contributed by atoms with van der Waals surface area (Å²) >= 11 is 0. The van der Waals surface area contributed by atoms with Gasteiger partial charge in [-0.05, 0) is 25.0 Å². The van der Waals surface area contributed by atoms with E-state index < -0.39 is 6.10 Å². The maximum Gasteiger partial charge on any atom is 0.307 e. The van der Waals surface area contributed by atoms with E-state index in [-0.39, 0.29) is 12.4 Å². The van der Waals surface area contributed by atoms with Gasteiger partial charge in [-0.25, -0.2) is 0 Å². The van der Waals surface area contributed by atoms with Gasteiger partial charge in [0.1, 0.15) is 6.07 Å². The van der Waals surface area contributed by atoms with Crippen molar-refractivity contribution in [2.45, 2.75) is 25.9 Å². The van der Waals surface area contributed by atoms with Gasteiger partial charge in [-0.15, -0.1) is 0 Å². The lowest BCUT2D eigenvalue weighted by molar-refractivity contribution is -0.145. The summed E-state index contributed by atoms with van der Waals surface area (Å²) in [4.78, 5) is 14.6. The van der Waals surface area contributed by atoms with Crippen molar-refractivity contribution in [1.29, 1.82) is 5.26 Å². The second-order valence-electron chi connectivity index (χ2n) is 4.12. The van der Waals surface area contributed by atoms with Gasteiger partial charge in [-0.2, -0.15) is 5.26 Å². The zero-order valence-electron chi connectivity index (χ0n) is 10.1. The Kier molecular flexibility index (Phi) is 3.63. The van der Waals surface area contributed by atoms with Crippen LogP contribution in [-0.2, 0) is 16.0 Å². The second kappa shape index (κ2) is 5.37. The maximum absolute atomic E-state index is 11.5. The van der Waals surface area contributed by atoms with Gasteiger partial charge < -0.3 is 9.72 Å². The highest BCUT2D eigenvalue weighted by atomic mass is 16.5. The standard InChI is InChI=1S/C14H14N2O2/c1-10(8-15)18-14(17)7-6-11-9-16-13-5-3-2-4-12(11)13/h2-5,9-10,16H,6-7H2,1H3/t10-/m0/s1. The van der Waals surface area contributed by atoms with E-state index in [1.165, 1.54) is 0 Å². The van der Waals surface area contributed by atoms with E-state index >= 15 is 0 Å². The Morgan fingerprint density at radius 3 is 3.06 bits per heavy atom. The molecule has 1 atom stereocenters. The van der Waals surface area contributed by atoms with Crippen LogP contribution in [0.5, 0.6) is 0 Å². The lowest BCUT2D eigenvalue weighted by atomic mass is 10.1. The molecule has 0 saturated carbocycles. The first-order valence-corrected chi connectivity index (χ1v) is 5.85. The number of nitrogens with one attached hydrogen (secondary N) is 1. The van der Waals surface area contributed by atoms with Crippen LogP contribution in [0.2, 0.25) is 0 Å². The van der Waals surface area contributed by atoms with Crippen LogP contribution in [0.4, 0.5) is 0 Å². The molecule has 92 valence electrons.